The minimum atomic E-state index is 0.628. The molecule has 9 heavy (non-hydrogen) atoms. The molecule has 2 aliphatic carbocycles. The van der Waals surface area contributed by atoms with Crippen LogP contribution in [0.5, 0.6) is 0 Å². The van der Waals surface area contributed by atoms with Gasteiger partial charge in [0.25, 0.3) is 0 Å². The van der Waals surface area contributed by atoms with Crippen LogP contribution < -0.4 is 5.32 Å². The predicted octanol–water partition coefficient (Wildman–Crippen LogP) is 1.54. The Kier molecular flexibility index (Phi) is 0.963. The molecule has 0 amide bonds. The van der Waals surface area contributed by atoms with Crippen LogP contribution in [0.15, 0.2) is 0 Å². The molecule has 1 atom stereocenters. The van der Waals surface area contributed by atoms with Crippen molar-refractivity contribution in [2.45, 2.75) is 45.2 Å². The van der Waals surface area contributed by atoms with Crippen LogP contribution in [-0.2, 0) is 0 Å². The quantitative estimate of drug-likeness (QED) is 0.590. The number of hydrogen-bond donors (Lipinski definition) is 1. The van der Waals surface area contributed by atoms with Crippen molar-refractivity contribution in [2.24, 2.45) is 5.41 Å². The molecule has 1 heteroatoms. The largest absolute Gasteiger partial charge is 0.311 e. The lowest BCUT2D eigenvalue weighted by Crippen LogP contribution is -2.22. The Morgan fingerprint density at radius 1 is 1.33 bits per heavy atom. The minimum absolute atomic E-state index is 0.628. The molecule has 0 aliphatic heterocycles. The Labute approximate surface area is 56.8 Å². The first kappa shape index (κ1) is 5.72. The van der Waals surface area contributed by atoms with Gasteiger partial charge in [0.15, 0.2) is 0 Å². The summed E-state index contributed by atoms with van der Waals surface area (Å²) >= 11 is 0. The first-order valence-electron chi connectivity index (χ1n) is 3.94. The van der Waals surface area contributed by atoms with Crippen molar-refractivity contribution in [3.8, 4) is 0 Å². The van der Waals surface area contributed by atoms with Gasteiger partial charge in [-0.3, -0.25) is 0 Å². The SMILES string of the molecule is CC1(C)CC1NC1CC1. The highest BCUT2D eigenvalue weighted by Crippen LogP contribution is 2.46. The van der Waals surface area contributed by atoms with Crippen LogP contribution in [0.4, 0.5) is 0 Å². The normalized spacial score (nSPS) is 38.7. The van der Waals surface area contributed by atoms with Crippen molar-refractivity contribution in [3.63, 3.8) is 0 Å². The highest BCUT2D eigenvalue weighted by Gasteiger charge is 2.47. The van der Waals surface area contributed by atoms with E-state index < -0.39 is 0 Å². The van der Waals surface area contributed by atoms with E-state index in [1.54, 1.807) is 0 Å². The van der Waals surface area contributed by atoms with Gasteiger partial charge in [-0.25, -0.2) is 0 Å². The molecule has 0 saturated heterocycles. The Morgan fingerprint density at radius 3 is 2.22 bits per heavy atom. The van der Waals surface area contributed by atoms with Crippen molar-refractivity contribution in [3.05, 3.63) is 0 Å². The summed E-state index contributed by atoms with van der Waals surface area (Å²) in [7, 11) is 0. The average molecular weight is 125 g/mol. The van der Waals surface area contributed by atoms with Crippen LogP contribution in [0.25, 0.3) is 0 Å². The van der Waals surface area contributed by atoms with E-state index in [-0.39, 0.29) is 0 Å². The number of hydrogen-bond acceptors (Lipinski definition) is 1. The van der Waals surface area contributed by atoms with Gasteiger partial charge in [-0.1, -0.05) is 13.8 Å². The van der Waals surface area contributed by atoms with E-state index in [0.29, 0.717) is 5.41 Å². The summed E-state index contributed by atoms with van der Waals surface area (Å²) in [6.07, 6.45) is 4.24. The molecular formula is C8H15N. The summed E-state index contributed by atoms with van der Waals surface area (Å²) in [5.74, 6) is 0. The third-order valence-electron chi connectivity index (χ3n) is 2.53. The summed E-state index contributed by atoms with van der Waals surface area (Å²) in [5, 5.41) is 3.62. The first-order chi connectivity index (χ1) is 4.18. The molecule has 0 radical (unpaired) electrons. The van der Waals surface area contributed by atoms with E-state index in [9.17, 15) is 0 Å². The van der Waals surface area contributed by atoms with Gasteiger partial charge in [-0.05, 0) is 24.7 Å². The fraction of sp³-hybridized carbons (Fsp3) is 1.00. The smallest absolute Gasteiger partial charge is 0.0127 e. The average Bonchev–Trinajstić information content (AvgIpc) is 2.54. The molecule has 2 rings (SSSR count). The molecule has 2 fully saturated rings. The second-order valence-corrected chi connectivity index (χ2v) is 4.19. The number of rotatable bonds is 2. The number of nitrogens with one attached hydrogen (secondary N) is 1. The van der Waals surface area contributed by atoms with E-state index in [4.69, 9.17) is 0 Å². The molecule has 0 aromatic rings. The fourth-order valence-electron chi connectivity index (χ4n) is 1.29. The van der Waals surface area contributed by atoms with Crippen LogP contribution in [0.2, 0.25) is 0 Å². The third-order valence-corrected chi connectivity index (χ3v) is 2.53. The van der Waals surface area contributed by atoms with Gasteiger partial charge in [0.2, 0.25) is 0 Å². The molecule has 0 heterocycles. The lowest BCUT2D eigenvalue weighted by Gasteiger charge is -2.02. The van der Waals surface area contributed by atoms with Crippen LogP contribution in [0, 0.1) is 5.41 Å². The zero-order valence-electron chi connectivity index (χ0n) is 6.28. The summed E-state index contributed by atoms with van der Waals surface area (Å²) in [6.45, 7) is 4.68. The lowest BCUT2D eigenvalue weighted by molar-refractivity contribution is 0.540. The highest BCUT2D eigenvalue weighted by molar-refractivity contribution is 5.04. The van der Waals surface area contributed by atoms with Crippen LogP contribution >= 0.6 is 0 Å². The van der Waals surface area contributed by atoms with Crippen LogP contribution in [0.3, 0.4) is 0 Å². The van der Waals surface area contributed by atoms with E-state index in [1.807, 2.05) is 0 Å². The van der Waals surface area contributed by atoms with Gasteiger partial charge >= 0.3 is 0 Å². The summed E-state index contributed by atoms with van der Waals surface area (Å²) in [6, 6.07) is 1.75. The molecule has 1 unspecified atom stereocenters. The van der Waals surface area contributed by atoms with Crippen molar-refractivity contribution >= 4 is 0 Å². The predicted molar refractivity (Wildman–Crippen MR) is 38.3 cm³/mol. The Hall–Kier alpha value is -0.0400. The summed E-state index contributed by atoms with van der Waals surface area (Å²) in [4.78, 5) is 0. The van der Waals surface area contributed by atoms with Gasteiger partial charge in [-0.2, -0.15) is 0 Å². The molecule has 0 bridgehead atoms. The fourth-order valence-corrected chi connectivity index (χ4v) is 1.29. The van der Waals surface area contributed by atoms with Crippen molar-refractivity contribution in [1.82, 2.24) is 5.32 Å². The maximum absolute atomic E-state index is 3.62. The van der Waals surface area contributed by atoms with Gasteiger partial charge in [-0.15, -0.1) is 0 Å². The standard InChI is InChI=1S/C8H15N/c1-8(2)5-7(8)9-6-3-4-6/h6-7,9H,3-5H2,1-2H3. The zero-order chi connectivity index (χ0) is 6.48. The van der Waals surface area contributed by atoms with E-state index in [0.717, 1.165) is 12.1 Å². The van der Waals surface area contributed by atoms with Crippen LogP contribution in [-0.4, -0.2) is 12.1 Å². The maximum atomic E-state index is 3.62. The Bertz CT molecular complexity index is 125. The van der Waals surface area contributed by atoms with Gasteiger partial charge in [0.1, 0.15) is 0 Å². The minimum Gasteiger partial charge on any atom is -0.311 e. The Balaban J connectivity index is 1.77. The second kappa shape index (κ2) is 1.51. The summed E-state index contributed by atoms with van der Waals surface area (Å²) < 4.78 is 0. The monoisotopic (exact) mass is 125 g/mol. The molecule has 52 valence electrons. The van der Waals surface area contributed by atoms with Gasteiger partial charge < -0.3 is 5.32 Å². The third kappa shape index (κ3) is 1.11. The molecule has 0 aromatic heterocycles. The second-order valence-electron chi connectivity index (χ2n) is 4.19. The van der Waals surface area contributed by atoms with Gasteiger partial charge in [0.05, 0.1) is 0 Å². The van der Waals surface area contributed by atoms with Gasteiger partial charge in [0, 0.05) is 12.1 Å². The summed E-state index contributed by atoms with van der Waals surface area (Å²) in [5.41, 5.74) is 0.628. The van der Waals surface area contributed by atoms with Crippen molar-refractivity contribution in [2.75, 3.05) is 0 Å². The van der Waals surface area contributed by atoms with Crippen molar-refractivity contribution < 1.29 is 0 Å². The molecule has 0 spiro atoms. The highest BCUT2D eigenvalue weighted by atomic mass is 15.0. The lowest BCUT2D eigenvalue weighted by atomic mass is 10.2. The molecule has 1 N–H and O–H groups in total. The Morgan fingerprint density at radius 2 is 1.89 bits per heavy atom. The first-order valence-corrected chi connectivity index (χ1v) is 3.94. The van der Waals surface area contributed by atoms with E-state index in [2.05, 4.69) is 19.2 Å². The maximum Gasteiger partial charge on any atom is 0.0127 e. The van der Waals surface area contributed by atoms with Crippen molar-refractivity contribution in [1.29, 1.82) is 0 Å². The zero-order valence-corrected chi connectivity index (χ0v) is 6.28. The molecule has 2 saturated carbocycles. The molecular weight excluding hydrogens is 110 g/mol. The van der Waals surface area contributed by atoms with E-state index in [1.165, 1.54) is 19.3 Å². The van der Waals surface area contributed by atoms with Crippen LogP contribution in [0.1, 0.15) is 33.1 Å². The topological polar surface area (TPSA) is 12.0 Å². The molecule has 0 aromatic carbocycles. The molecule has 1 nitrogen and oxygen atoms in total. The molecule has 2 aliphatic rings. The van der Waals surface area contributed by atoms with E-state index >= 15 is 0 Å².